The lowest BCUT2D eigenvalue weighted by Gasteiger charge is -2.12. The van der Waals surface area contributed by atoms with E-state index in [-0.39, 0.29) is 6.61 Å². The third-order valence-corrected chi connectivity index (χ3v) is 4.91. The van der Waals surface area contributed by atoms with Crippen molar-refractivity contribution in [1.29, 1.82) is 0 Å². The van der Waals surface area contributed by atoms with Crippen molar-refractivity contribution in [2.75, 3.05) is 13.2 Å². The van der Waals surface area contributed by atoms with Gasteiger partial charge in [0.05, 0.1) is 12.1 Å². The number of oxazole rings is 1. The molecule has 0 aliphatic carbocycles. The van der Waals surface area contributed by atoms with Crippen molar-refractivity contribution in [3.63, 3.8) is 0 Å². The number of aliphatic hydroxyl groups excluding tert-OH is 1. The van der Waals surface area contributed by atoms with Gasteiger partial charge in [0.1, 0.15) is 24.0 Å². The van der Waals surface area contributed by atoms with Crippen LogP contribution in [0.4, 0.5) is 0 Å². The van der Waals surface area contributed by atoms with E-state index in [2.05, 4.69) is 27.4 Å². The van der Waals surface area contributed by atoms with Gasteiger partial charge in [0, 0.05) is 28.9 Å². The monoisotopic (exact) mass is 387 g/mol. The van der Waals surface area contributed by atoms with Gasteiger partial charge < -0.3 is 24.6 Å². The molecular weight excluding hydrogens is 366 g/mol. The molecule has 6 nitrogen and oxygen atoms in total. The highest BCUT2D eigenvalue weighted by molar-refractivity contribution is 6.07. The molecule has 5 aromatic rings. The molecular formula is C23H21N3O3. The lowest BCUT2D eigenvalue weighted by molar-refractivity contribution is 0.105. The Morgan fingerprint density at radius 3 is 2.76 bits per heavy atom. The van der Waals surface area contributed by atoms with E-state index in [1.807, 2.05) is 54.6 Å². The predicted molar refractivity (Wildman–Crippen MR) is 113 cm³/mol. The second-order valence-electron chi connectivity index (χ2n) is 7.05. The number of aromatic amines is 1. The van der Waals surface area contributed by atoms with E-state index in [0.717, 1.165) is 33.3 Å². The maximum atomic E-state index is 10.2. The molecule has 0 aliphatic heterocycles. The number of aliphatic hydroxyl groups is 1. The Labute approximate surface area is 167 Å². The number of aromatic nitrogens is 2. The fourth-order valence-corrected chi connectivity index (χ4v) is 3.52. The van der Waals surface area contributed by atoms with Crippen LogP contribution >= 0.6 is 0 Å². The molecule has 2 heterocycles. The molecule has 2 aromatic heterocycles. The fourth-order valence-electron chi connectivity index (χ4n) is 3.52. The number of ether oxygens (including phenoxy) is 1. The molecule has 5 rings (SSSR count). The van der Waals surface area contributed by atoms with Crippen LogP contribution in [0.3, 0.4) is 0 Å². The maximum Gasteiger partial charge on any atom is 0.209 e. The summed E-state index contributed by atoms with van der Waals surface area (Å²) in [5.74, 6) is 1.32. The first-order valence-corrected chi connectivity index (χ1v) is 9.63. The average molecular weight is 387 g/mol. The Morgan fingerprint density at radius 1 is 1.00 bits per heavy atom. The Bertz CT molecular complexity index is 1240. The number of hydrogen-bond donors (Lipinski definition) is 3. The third kappa shape index (κ3) is 3.68. The standard InChI is InChI=1S/C23H21N3O3/c27-15(12-24-13-23-26-20-7-3-4-8-22(20)29-23)14-28-16-9-10-18-17-5-1-2-6-19(17)25-21(18)11-16/h1-11,15,24-25,27H,12-14H2. The minimum absolute atomic E-state index is 0.201. The average Bonchev–Trinajstić information content (AvgIpc) is 3.32. The molecule has 3 aromatic carbocycles. The topological polar surface area (TPSA) is 83.3 Å². The number of hydrogen-bond acceptors (Lipinski definition) is 5. The summed E-state index contributed by atoms with van der Waals surface area (Å²) in [6.45, 7) is 1.03. The van der Waals surface area contributed by atoms with Crippen molar-refractivity contribution in [2.45, 2.75) is 12.6 Å². The molecule has 29 heavy (non-hydrogen) atoms. The van der Waals surface area contributed by atoms with E-state index in [4.69, 9.17) is 9.15 Å². The first kappa shape index (κ1) is 17.7. The molecule has 146 valence electrons. The molecule has 0 fully saturated rings. The summed E-state index contributed by atoms with van der Waals surface area (Å²) in [6.07, 6.45) is -0.641. The van der Waals surface area contributed by atoms with Crippen LogP contribution in [0.25, 0.3) is 32.9 Å². The number of nitrogens with zero attached hydrogens (tertiary/aromatic N) is 1. The molecule has 0 aliphatic rings. The van der Waals surface area contributed by atoms with Gasteiger partial charge in [0.25, 0.3) is 0 Å². The highest BCUT2D eigenvalue weighted by Gasteiger charge is 2.09. The first-order chi connectivity index (χ1) is 14.3. The van der Waals surface area contributed by atoms with Crippen LogP contribution in [0.1, 0.15) is 5.89 Å². The summed E-state index contributed by atoms with van der Waals surface area (Å²) in [7, 11) is 0. The molecule has 0 spiro atoms. The van der Waals surface area contributed by atoms with Gasteiger partial charge in [-0.05, 0) is 30.3 Å². The van der Waals surface area contributed by atoms with Gasteiger partial charge in [0.15, 0.2) is 5.58 Å². The van der Waals surface area contributed by atoms with Crippen LogP contribution in [0.15, 0.2) is 71.1 Å². The lowest BCUT2D eigenvalue weighted by atomic mass is 10.1. The van der Waals surface area contributed by atoms with E-state index >= 15 is 0 Å². The van der Waals surface area contributed by atoms with Gasteiger partial charge >= 0.3 is 0 Å². The molecule has 1 atom stereocenters. The number of para-hydroxylation sites is 3. The predicted octanol–water partition coefficient (Wildman–Crippen LogP) is 3.99. The van der Waals surface area contributed by atoms with E-state index < -0.39 is 6.10 Å². The molecule has 0 saturated heterocycles. The normalized spacial score (nSPS) is 12.7. The van der Waals surface area contributed by atoms with Crippen LogP contribution in [0, 0.1) is 0 Å². The molecule has 6 heteroatoms. The Morgan fingerprint density at radius 2 is 1.83 bits per heavy atom. The van der Waals surface area contributed by atoms with E-state index in [1.165, 1.54) is 5.39 Å². The van der Waals surface area contributed by atoms with Crippen LogP contribution in [-0.2, 0) is 6.54 Å². The summed E-state index contributed by atoms with van der Waals surface area (Å²) in [6, 6.07) is 21.8. The van der Waals surface area contributed by atoms with Crippen molar-refractivity contribution in [1.82, 2.24) is 15.3 Å². The molecule has 1 unspecified atom stereocenters. The van der Waals surface area contributed by atoms with Gasteiger partial charge in [-0.1, -0.05) is 30.3 Å². The highest BCUT2D eigenvalue weighted by Crippen LogP contribution is 2.28. The van der Waals surface area contributed by atoms with Crippen molar-refractivity contribution >= 4 is 32.9 Å². The lowest BCUT2D eigenvalue weighted by Crippen LogP contribution is -2.31. The summed E-state index contributed by atoms with van der Waals surface area (Å²) >= 11 is 0. The largest absolute Gasteiger partial charge is 0.491 e. The van der Waals surface area contributed by atoms with Crippen molar-refractivity contribution < 1.29 is 14.3 Å². The van der Waals surface area contributed by atoms with Crippen molar-refractivity contribution in [3.8, 4) is 5.75 Å². The van der Waals surface area contributed by atoms with Gasteiger partial charge in [0.2, 0.25) is 5.89 Å². The minimum atomic E-state index is -0.641. The van der Waals surface area contributed by atoms with Gasteiger partial charge in [-0.25, -0.2) is 4.98 Å². The SMILES string of the molecule is OC(CNCc1nc2ccccc2o1)COc1ccc2c(c1)[nH]c1ccccc12. The van der Waals surface area contributed by atoms with Crippen LogP contribution in [-0.4, -0.2) is 34.3 Å². The zero-order valence-electron chi connectivity index (χ0n) is 15.8. The zero-order chi connectivity index (χ0) is 19.6. The number of fused-ring (bicyclic) bond motifs is 4. The van der Waals surface area contributed by atoms with E-state index in [9.17, 15) is 5.11 Å². The third-order valence-electron chi connectivity index (χ3n) is 4.91. The summed E-state index contributed by atoms with van der Waals surface area (Å²) < 4.78 is 11.4. The summed E-state index contributed by atoms with van der Waals surface area (Å²) in [5.41, 5.74) is 3.72. The van der Waals surface area contributed by atoms with E-state index in [1.54, 1.807) is 0 Å². The van der Waals surface area contributed by atoms with Gasteiger partial charge in [-0.3, -0.25) is 0 Å². The Balaban J connectivity index is 1.16. The molecule has 0 saturated carbocycles. The summed E-state index contributed by atoms with van der Waals surface area (Å²) in [5, 5.41) is 15.7. The molecule has 0 radical (unpaired) electrons. The maximum absolute atomic E-state index is 10.2. The summed E-state index contributed by atoms with van der Waals surface area (Å²) in [4.78, 5) is 7.80. The highest BCUT2D eigenvalue weighted by atomic mass is 16.5. The molecule has 3 N–H and O–H groups in total. The zero-order valence-corrected chi connectivity index (χ0v) is 15.8. The molecule has 0 amide bonds. The van der Waals surface area contributed by atoms with Crippen molar-refractivity contribution in [3.05, 3.63) is 72.6 Å². The number of rotatable bonds is 7. The van der Waals surface area contributed by atoms with Gasteiger partial charge in [-0.2, -0.15) is 0 Å². The molecule has 0 bridgehead atoms. The Hall–Kier alpha value is -3.35. The number of nitrogens with one attached hydrogen (secondary N) is 2. The van der Waals surface area contributed by atoms with Crippen LogP contribution in [0.5, 0.6) is 5.75 Å². The van der Waals surface area contributed by atoms with E-state index in [0.29, 0.717) is 19.0 Å². The van der Waals surface area contributed by atoms with Crippen LogP contribution < -0.4 is 10.1 Å². The fraction of sp³-hybridized carbons (Fsp3) is 0.174. The second kappa shape index (κ2) is 7.58. The number of benzene rings is 3. The van der Waals surface area contributed by atoms with Gasteiger partial charge in [-0.15, -0.1) is 0 Å². The second-order valence-corrected chi connectivity index (χ2v) is 7.05. The van der Waals surface area contributed by atoms with Crippen molar-refractivity contribution in [2.24, 2.45) is 0 Å². The van der Waals surface area contributed by atoms with Crippen LogP contribution in [0.2, 0.25) is 0 Å². The minimum Gasteiger partial charge on any atom is -0.491 e. The Kier molecular flexibility index (Phi) is 4.63. The first-order valence-electron chi connectivity index (χ1n) is 9.63. The quantitative estimate of drug-likeness (QED) is 0.393. The smallest absolute Gasteiger partial charge is 0.209 e. The number of H-pyrrole nitrogens is 1.